The van der Waals surface area contributed by atoms with Crippen molar-refractivity contribution in [3.8, 4) is 0 Å². The fourth-order valence-electron chi connectivity index (χ4n) is 1.58. The maximum Gasteiger partial charge on any atom is 0.278 e. The quantitative estimate of drug-likeness (QED) is 0.640. The summed E-state index contributed by atoms with van der Waals surface area (Å²) in [4.78, 5) is 15.9. The van der Waals surface area contributed by atoms with Gasteiger partial charge in [0.15, 0.2) is 5.69 Å². The fourth-order valence-corrected chi connectivity index (χ4v) is 1.58. The van der Waals surface area contributed by atoms with Crippen LogP contribution in [0.1, 0.15) is 16.2 Å². The predicted octanol–water partition coefficient (Wildman–Crippen LogP) is -0.234. The molecule has 2 rings (SSSR count). The first-order chi connectivity index (χ1) is 7.18. The Labute approximate surface area is 87.8 Å². The lowest BCUT2D eigenvalue weighted by Crippen LogP contribution is -2.47. The van der Waals surface area contributed by atoms with Crippen LogP contribution in [0.5, 0.6) is 0 Å². The van der Waals surface area contributed by atoms with E-state index >= 15 is 0 Å². The Morgan fingerprint density at radius 1 is 1.27 bits per heavy atom. The van der Waals surface area contributed by atoms with Crippen molar-refractivity contribution in [1.82, 2.24) is 20.1 Å². The van der Waals surface area contributed by atoms with Crippen LogP contribution in [0.4, 0.5) is 0 Å². The zero-order valence-corrected chi connectivity index (χ0v) is 8.93. The summed E-state index contributed by atoms with van der Waals surface area (Å²) in [5, 5.41) is 7.22. The molecule has 1 amide bonds. The summed E-state index contributed by atoms with van der Waals surface area (Å²) in [7, 11) is 2.05. The van der Waals surface area contributed by atoms with E-state index in [0.717, 1.165) is 26.2 Å². The van der Waals surface area contributed by atoms with Gasteiger partial charge >= 0.3 is 0 Å². The number of carbonyl (C=O) groups excluding carboxylic acids is 1. The number of hydrogen-bond donors (Lipinski definition) is 0. The van der Waals surface area contributed by atoms with E-state index in [-0.39, 0.29) is 5.91 Å². The first kappa shape index (κ1) is 10.1. The molecule has 1 aliphatic rings. The van der Waals surface area contributed by atoms with Crippen LogP contribution in [-0.4, -0.2) is 59.2 Å². The highest BCUT2D eigenvalue weighted by atomic mass is 16.6. The minimum absolute atomic E-state index is 0.0816. The Balaban J connectivity index is 2.06. The SMILES string of the molecule is Cc1nonc1C(=O)N1CCN(C)CC1. The number of piperazine rings is 1. The van der Waals surface area contributed by atoms with E-state index in [0.29, 0.717) is 11.4 Å². The number of hydrogen-bond acceptors (Lipinski definition) is 5. The van der Waals surface area contributed by atoms with Gasteiger partial charge in [-0.05, 0) is 19.1 Å². The normalized spacial score (nSPS) is 18.1. The predicted molar refractivity (Wildman–Crippen MR) is 52.4 cm³/mol. The van der Waals surface area contributed by atoms with Crippen LogP contribution in [0.25, 0.3) is 0 Å². The van der Waals surface area contributed by atoms with E-state index in [1.807, 2.05) is 7.05 Å². The molecule has 0 spiro atoms. The van der Waals surface area contributed by atoms with Gasteiger partial charge in [-0.1, -0.05) is 5.16 Å². The highest BCUT2D eigenvalue weighted by molar-refractivity contribution is 5.93. The lowest BCUT2D eigenvalue weighted by Gasteiger charge is -2.31. The molecule has 0 unspecified atom stereocenters. The molecule has 1 aromatic rings. The van der Waals surface area contributed by atoms with Crippen LogP contribution in [0, 0.1) is 6.92 Å². The monoisotopic (exact) mass is 210 g/mol. The highest BCUT2D eigenvalue weighted by Gasteiger charge is 2.24. The maximum atomic E-state index is 11.9. The second kappa shape index (κ2) is 3.98. The van der Waals surface area contributed by atoms with Gasteiger partial charge in [0.05, 0.1) is 0 Å². The molecule has 15 heavy (non-hydrogen) atoms. The molecule has 0 aliphatic carbocycles. The number of nitrogens with zero attached hydrogens (tertiary/aromatic N) is 4. The summed E-state index contributed by atoms with van der Waals surface area (Å²) in [6.07, 6.45) is 0. The van der Waals surface area contributed by atoms with Gasteiger partial charge in [0.25, 0.3) is 5.91 Å². The minimum atomic E-state index is -0.0816. The molecule has 1 fully saturated rings. The molecule has 1 aromatic heterocycles. The van der Waals surface area contributed by atoms with Crippen molar-refractivity contribution in [3.63, 3.8) is 0 Å². The van der Waals surface area contributed by atoms with Crippen molar-refractivity contribution >= 4 is 5.91 Å². The third kappa shape index (κ3) is 1.99. The van der Waals surface area contributed by atoms with Crippen LogP contribution in [-0.2, 0) is 0 Å². The smallest absolute Gasteiger partial charge is 0.278 e. The van der Waals surface area contributed by atoms with E-state index in [4.69, 9.17) is 0 Å². The largest absolute Gasteiger partial charge is 0.335 e. The van der Waals surface area contributed by atoms with E-state index in [9.17, 15) is 4.79 Å². The van der Waals surface area contributed by atoms with Gasteiger partial charge in [-0.2, -0.15) is 0 Å². The summed E-state index contributed by atoms with van der Waals surface area (Å²) in [5.74, 6) is -0.0816. The second-order valence-corrected chi connectivity index (χ2v) is 3.79. The highest BCUT2D eigenvalue weighted by Crippen LogP contribution is 2.08. The molecule has 0 bridgehead atoms. The Morgan fingerprint density at radius 2 is 1.93 bits per heavy atom. The molecule has 1 aliphatic heterocycles. The van der Waals surface area contributed by atoms with Gasteiger partial charge in [-0.15, -0.1) is 0 Å². The zero-order chi connectivity index (χ0) is 10.8. The van der Waals surface area contributed by atoms with Crippen molar-refractivity contribution < 1.29 is 9.42 Å². The molecule has 0 aromatic carbocycles. The maximum absolute atomic E-state index is 11.9. The van der Waals surface area contributed by atoms with Gasteiger partial charge in [-0.25, -0.2) is 4.63 Å². The van der Waals surface area contributed by atoms with Gasteiger partial charge in [0.2, 0.25) is 0 Å². The first-order valence-electron chi connectivity index (χ1n) is 4.95. The van der Waals surface area contributed by atoms with Gasteiger partial charge in [0.1, 0.15) is 5.69 Å². The van der Waals surface area contributed by atoms with Crippen molar-refractivity contribution in [1.29, 1.82) is 0 Å². The topological polar surface area (TPSA) is 62.5 Å². The van der Waals surface area contributed by atoms with E-state index < -0.39 is 0 Å². The Bertz CT molecular complexity index is 355. The second-order valence-electron chi connectivity index (χ2n) is 3.79. The Morgan fingerprint density at radius 3 is 2.47 bits per heavy atom. The average Bonchev–Trinajstić information content (AvgIpc) is 2.65. The molecule has 0 saturated carbocycles. The summed E-state index contributed by atoms with van der Waals surface area (Å²) < 4.78 is 4.52. The number of carbonyl (C=O) groups is 1. The van der Waals surface area contributed by atoms with E-state index in [1.54, 1.807) is 11.8 Å². The first-order valence-corrected chi connectivity index (χ1v) is 4.95. The van der Waals surface area contributed by atoms with Crippen LogP contribution in [0.2, 0.25) is 0 Å². The fraction of sp³-hybridized carbons (Fsp3) is 0.667. The van der Waals surface area contributed by atoms with Crippen molar-refractivity contribution in [2.45, 2.75) is 6.92 Å². The standard InChI is InChI=1S/C9H14N4O2/c1-7-8(11-15-10-7)9(14)13-5-3-12(2)4-6-13/h3-6H2,1-2H3. The number of amides is 1. The van der Waals surface area contributed by atoms with Crippen LogP contribution in [0.3, 0.4) is 0 Å². The number of likely N-dealkylation sites (N-methyl/N-ethyl adjacent to an activating group) is 1. The molecule has 6 heteroatoms. The number of aromatic nitrogens is 2. The molecule has 6 nitrogen and oxygen atoms in total. The third-order valence-electron chi connectivity index (χ3n) is 2.65. The molecule has 0 radical (unpaired) electrons. The van der Waals surface area contributed by atoms with Crippen molar-refractivity contribution in [2.24, 2.45) is 0 Å². The molecule has 1 saturated heterocycles. The van der Waals surface area contributed by atoms with Crippen molar-refractivity contribution in [3.05, 3.63) is 11.4 Å². The van der Waals surface area contributed by atoms with E-state index in [1.165, 1.54) is 0 Å². The van der Waals surface area contributed by atoms with Crippen molar-refractivity contribution in [2.75, 3.05) is 33.2 Å². The van der Waals surface area contributed by atoms with Crippen LogP contribution in [0.15, 0.2) is 4.63 Å². The van der Waals surface area contributed by atoms with E-state index in [2.05, 4.69) is 19.8 Å². The number of aryl methyl sites for hydroxylation is 1. The van der Waals surface area contributed by atoms with Crippen LogP contribution >= 0.6 is 0 Å². The van der Waals surface area contributed by atoms with Crippen LogP contribution < -0.4 is 0 Å². The van der Waals surface area contributed by atoms with Gasteiger partial charge < -0.3 is 9.80 Å². The molecule has 0 atom stereocenters. The summed E-state index contributed by atoms with van der Waals surface area (Å²) in [6, 6.07) is 0. The third-order valence-corrected chi connectivity index (χ3v) is 2.65. The Hall–Kier alpha value is -1.43. The zero-order valence-electron chi connectivity index (χ0n) is 8.93. The van der Waals surface area contributed by atoms with Gasteiger partial charge in [0, 0.05) is 26.2 Å². The summed E-state index contributed by atoms with van der Waals surface area (Å²) in [6.45, 7) is 5.00. The van der Waals surface area contributed by atoms with Gasteiger partial charge in [-0.3, -0.25) is 4.79 Å². The lowest BCUT2D eigenvalue weighted by atomic mass is 10.2. The molecule has 2 heterocycles. The molecular formula is C9H14N4O2. The average molecular weight is 210 g/mol. The number of rotatable bonds is 1. The lowest BCUT2D eigenvalue weighted by molar-refractivity contribution is 0.0652. The molecule has 0 N–H and O–H groups in total. The molecule has 82 valence electrons. The Kier molecular flexibility index (Phi) is 2.68. The molecular weight excluding hydrogens is 196 g/mol. The summed E-state index contributed by atoms with van der Waals surface area (Å²) >= 11 is 0. The summed E-state index contributed by atoms with van der Waals surface area (Å²) in [5.41, 5.74) is 0.887. The minimum Gasteiger partial charge on any atom is -0.335 e.